The topological polar surface area (TPSA) is 177 Å². The molecule has 4 atom stereocenters. The SMILES string of the molecule is CC(C)[C@@]1(C2CCC2)C[C@@H](C(=O)NC(CC2CCC2)C(=O)C(N)=O)N(C(=O)[C@@H](NC(=O)NCC2(N)CCCCC2)C(C)(C)C)C1. The number of hydrogen-bond acceptors (Lipinski definition) is 6. The number of hydrogen-bond donors (Lipinski definition) is 5. The number of nitrogens with one attached hydrogen (secondary N) is 3. The predicted molar refractivity (Wildman–Crippen MR) is 173 cm³/mol. The van der Waals surface area contributed by atoms with Crippen LogP contribution in [-0.4, -0.2) is 71.2 Å². The second kappa shape index (κ2) is 14.0. The summed E-state index contributed by atoms with van der Waals surface area (Å²) in [6.07, 6.45) is 11.9. The number of ketones is 1. The maximum Gasteiger partial charge on any atom is 0.315 e. The van der Waals surface area contributed by atoms with Crippen molar-refractivity contribution >= 4 is 29.5 Å². The predicted octanol–water partition coefficient (Wildman–Crippen LogP) is 3.13. The smallest absolute Gasteiger partial charge is 0.315 e. The quantitative estimate of drug-likeness (QED) is 0.207. The highest BCUT2D eigenvalue weighted by Gasteiger charge is 2.56. The Labute approximate surface area is 269 Å². The number of carbonyl (C=O) groups excluding carboxylic acids is 5. The number of rotatable bonds is 12. The van der Waals surface area contributed by atoms with Crippen LogP contribution in [0.1, 0.15) is 118 Å². The van der Waals surface area contributed by atoms with Crippen molar-refractivity contribution in [3.63, 3.8) is 0 Å². The molecular weight excluding hydrogens is 572 g/mol. The number of nitrogens with zero attached hydrogens (tertiary/aromatic N) is 1. The highest BCUT2D eigenvalue weighted by atomic mass is 16.2. The molecule has 4 aliphatic rings. The van der Waals surface area contributed by atoms with E-state index in [0.717, 1.165) is 70.6 Å². The highest BCUT2D eigenvalue weighted by molar-refractivity contribution is 6.37. The molecule has 0 aromatic heterocycles. The third kappa shape index (κ3) is 8.00. The van der Waals surface area contributed by atoms with Gasteiger partial charge < -0.3 is 32.3 Å². The van der Waals surface area contributed by atoms with Gasteiger partial charge in [-0.15, -0.1) is 0 Å². The molecule has 3 saturated carbocycles. The highest BCUT2D eigenvalue weighted by Crippen LogP contribution is 2.54. The summed E-state index contributed by atoms with van der Waals surface area (Å²) >= 11 is 0. The van der Waals surface area contributed by atoms with Crippen LogP contribution < -0.4 is 27.4 Å². The zero-order valence-electron chi connectivity index (χ0n) is 28.2. The van der Waals surface area contributed by atoms with Gasteiger partial charge in [0, 0.05) is 18.6 Å². The van der Waals surface area contributed by atoms with Crippen LogP contribution in [0.5, 0.6) is 0 Å². The van der Waals surface area contributed by atoms with E-state index in [1.807, 2.05) is 20.8 Å². The lowest BCUT2D eigenvalue weighted by atomic mass is 9.59. The summed E-state index contributed by atoms with van der Waals surface area (Å²) in [5.74, 6) is -1.81. The van der Waals surface area contributed by atoms with Gasteiger partial charge in [-0.3, -0.25) is 19.2 Å². The third-order valence-electron chi connectivity index (χ3n) is 11.6. The lowest BCUT2D eigenvalue weighted by Crippen LogP contribution is -2.61. The molecule has 1 aliphatic heterocycles. The van der Waals surface area contributed by atoms with Crippen molar-refractivity contribution in [3.05, 3.63) is 0 Å². The molecule has 0 bridgehead atoms. The molecule has 0 spiro atoms. The fraction of sp³-hybridized carbons (Fsp3) is 0.853. The first-order valence-corrected chi connectivity index (χ1v) is 17.3. The number of carbonyl (C=O) groups is 5. The number of likely N-dealkylation sites (tertiary alicyclic amines) is 1. The summed E-state index contributed by atoms with van der Waals surface area (Å²) in [4.78, 5) is 68.3. The van der Waals surface area contributed by atoms with Crippen LogP contribution in [0.3, 0.4) is 0 Å². The van der Waals surface area contributed by atoms with Crippen LogP contribution in [0, 0.1) is 28.6 Å². The van der Waals surface area contributed by atoms with Crippen molar-refractivity contribution in [1.82, 2.24) is 20.9 Å². The molecule has 3 aliphatic carbocycles. The Morgan fingerprint density at radius 2 is 1.53 bits per heavy atom. The third-order valence-corrected chi connectivity index (χ3v) is 11.6. The van der Waals surface area contributed by atoms with E-state index in [1.165, 1.54) is 0 Å². The van der Waals surface area contributed by atoms with E-state index >= 15 is 0 Å². The monoisotopic (exact) mass is 630 g/mol. The molecule has 4 fully saturated rings. The molecule has 0 radical (unpaired) electrons. The van der Waals surface area contributed by atoms with Gasteiger partial charge in [0.25, 0.3) is 5.91 Å². The van der Waals surface area contributed by atoms with E-state index in [2.05, 4.69) is 29.8 Å². The summed E-state index contributed by atoms with van der Waals surface area (Å²) in [6.45, 7) is 10.7. The van der Waals surface area contributed by atoms with Gasteiger partial charge in [-0.2, -0.15) is 0 Å². The van der Waals surface area contributed by atoms with Gasteiger partial charge in [-0.05, 0) is 67.1 Å². The molecule has 4 rings (SSSR count). The zero-order chi connectivity index (χ0) is 33.2. The molecule has 11 nitrogen and oxygen atoms in total. The van der Waals surface area contributed by atoms with Crippen LogP contribution in [0.15, 0.2) is 0 Å². The van der Waals surface area contributed by atoms with Crippen LogP contribution >= 0.6 is 0 Å². The number of nitrogens with two attached hydrogens (primary N) is 2. The van der Waals surface area contributed by atoms with Gasteiger partial charge in [-0.25, -0.2) is 4.79 Å². The molecule has 11 heteroatoms. The van der Waals surface area contributed by atoms with Crippen molar-refractivity contribution in [3.8, 4) is 0 Å². The Morgan fingerprint density at radius 1 is 0.911 bits per heavy atom. The van der Waals surface area contributed by atoms with Crippen LogP contribution in [0.25, 0.3) is 0 Å². The standard InChI is InChI=1S/C34H58N6O5/c1-21(2)34(23-13-10-14-23)18-25(29(43)38-24(26(41)28(35)42)17-22-11-9-12-22)40(20-34)30(44)27(32(3,4)5)39-31(45)37-19-33(36)15-7-6-8-16-33/h21-25,27H,6-20,36H2,1-5H3,(H2,35,42)(H,38,43)(H2,37,39,45)/t24?,25-,27+,34+/m0/s1. The van der Waals surface area contributed by atoms with Crippen molar-refractivity contribution in [2.24, 2.45) is 40.1 Å². The summed E-state index contributed by atoms with van der Waals surface area (Å²) in [5, 5.41) is 8.71. The summed E-state index contributed by atoms with van der Waals surface area (Å²) in [7, 11) is 0. The van der Waals surface area contributed by atoms with E-state index in [1.54, 1.807) is 4.90 Å². The van der Waals surface area contributed by atoms with Crippen LogP contribution in [-0.2, 0) is 19.2 Å². The fourth-order valence-corrected chi connectivity index (χ4v) is 8.02. The summed E-state index contributed by atoms with van der Waals surface area (Å²) in [6, 6.07) is -3.22. The Kier molecular flexibility index (Phi) is 10.9. The fourth-order valence-electron chi connectivity index (χ4n) is 8.02. The van der Waals surface area contributed by atoms with Gasteiger partial charge in [0.05, 0.1) is 6.04 Å². The van der Waals surface area contributed by atoms with Crippen molar-refractivity contribution in [2.75, 3.05) is 13.1 Å². The van der Waals surface area contributed by atoms with Crippen molar-refractivity contribution in [1.29, 1.82) is 0 Å². The minimum atomic E-state index is -1.07. The normalized spacial score (nSPS) is 26.7. The Morgan fingerprint density at radius 3 is 2.02 bits per heavy atom. The molecule has 1 saturated heterocycles. The maximum absolute atomic E-state index is 14.5. The molecule has 5 amide bonds. The maximum atomic E-state index is 14.5. The Hall–Kier alpha value is -2.69. The first kappa shape index (κ1) is 35.2. The average molecular weight is 631 g/mol. The molecule has 0 aromatic carbocycles. The second-order valence-electron chi connectivity index (χ2n) is 16.1. The Bertz CT molecular complexity index is 1120. The number of amides is 5. The van der Waals surface area contributed by atoms with Crippen LogP contribution in [0.4, 0.5) is 4.79 Å². The molecule has 7 N–H and O–H groups in total. The average Bonchev–Trinajstić information content (AvgIpc) is 3.31. The van der Waals surface area contributed by atoms with E-state index in [4.69, 9.17) is 11.5 Å². The molecule has 1 heterocycles. The number of primary amides is 1. The number of Topliss-reactive ketones (excluding diaryl/α,β-unsaturated/α-hetero) is 1. The molecule has 0 aromatic rings. The van der Waals surface area contributed by atoms with E-state index < -0.39 is 52.7 Å². The molecular formula is C34H58N6O5. The van der Waals surface area contributed by atoms with Crippen molar-refractivity contribution < 1.29 is 24.0 Å². The summed E-state index contributed by atoms with van der Waals surface area (Å²) in [5.41, 5.74) is 10.5. The van der Waals surface area contributed by atoms with Gasteiger partial charge >= 0.3 is 6.03 Å². The van der Waals surface area contributed by atoms with Crippen molar-refractivity contribution in [2.45, 2.75) is 142 Å². The number of urea groups is 1. The van der Waals surface area contributed by atoms with Gasteiger partial charge in [0.2, 0.25) is 17.6 Å². The van der Waals surface area contributed by atoms with Gasteiger partial charge in [0.15, 0.2) is 0 Å². The Balaban J connectivity index is 1.57. The van der Waals surface area contributed by atoms with Crippen LogP contribution in [0.2, 0.25) is 0 Å². The largest absolute Gasteiger partial charge is 0.363 e. The van der Waals surface area contributed by atoms with E-state index in [0.29, 0.717) is 31.8 Å². The molecule has 1 unspecified atom stereocenters. The lowest BCUT2D eigenvalue weighted by molar-refractivity contribution is -0.143. The van der Waals surface area contributed by atoms with Gasteiger partial charge in [0.1, 0.15) is 12.1 Å². The minimum Gasteiger partial charge on any atom is -0.363 e. The summed E-state index contributed by atoms with van der Waals surface area (Å²) < 4.78 is 0. The van der Waals surface area contributed by atoms with E-state index in [9.17, 15) is 24.0 Å². The molecule has 254 valence electrons. The minimum absolute atomic E-state index is 0.203. The second-order valence-corrected chi connectivity index (χ2v) is 16.1. The lowest BCUT2D eigenvalue weighted by Gasteiger charge is -2.46. The van der Waals surface area contributed by atoms with E-state index in [-0.39, 0.29) is 23.2 Å². The van der Waals surface area contributed by atoms with Gasteiger partial charge in [-0.1, -0.05) is 79.6 Å². The first-order valence-electron chi connectivity index (χ1n) is 17.3. The zero-order valence-corrected chi connectivity index (χ0v) is 28.2. The molecule has 45 heavy (non-hydrogen) atoms. The first-order chi connectivity index (χ1) is 21.1.